The second-order valence-corrected chi connectivity index (χ2v) is 9.54. The van der Waals surface area contributed by atoms with Gasteiger partial charge < -0.3 is 4.74 Å². The monoisotopic (exact) mass is 373 g/mol. The number of fused-ring (bicyclic) bond motifs is 5. The first kappa shape index (κ1) is 18.7. The zero-order valence-corrected chi connectivity index (χ0v) is 16.4. The van der Waals surface area contributed by atoms with Gasteiger partial charge in [-0.05, 0) is 61.9 Å². The van der Waals surface area contributed by atoms with E-state index in [0.717, 1.165) is 32.1 Å². The molecule has 4 rings (SSSR count). The maximum Gasteiger partial charge on any atom is 0.304 e. The number of ketones is 1. The first-order valence-corrected chi connectivity index (χ1v) is 10.2. The second-order valence-electron chi connectivity index (χ2n) is 9.54. The summed E-state index contributed by atoms with van der Waals surface area (Å²) in [5, 5.41) is 9.88. The maximum absolute atomic E-state index is 15.2. The fourth-order valence-electron chi connectivity index (χ4n) is 7.03. The topological polar surface area (TPSA) is 67.2 Å². The number of carbonyl (C=O) groups excluding carboxylic acids is 2. The lowest BCUT2D eigenvalue weighted by Crippen LogP contribution is -2.58. The molecular weight excluding hydrogens is 345 g/mol. The predicted octanol–water partition coefficient (Wildman–Crippen LogP) is 4.29. The molecule has 0 amide bonds. The van der Waals surface area contributed by atoms with E-state index in [1.165, 1.54) is 12.5 Å². The third kappa shape index (κ3) is 2.25. The van der Waals surface area contributed by atoms with Crippen LogP contribution in [-0.4, -0.2) is 23.5 Å². The van der Waals surface area contributed by atoms with Gasteiger partial charge in [0.05, 0.1) is 0 Å². The summed E-state index contributed by atoms with van der Waals surface area (Å²) in [4.78, 5) is 24.8. The number of halogens is 1. The molecule has 0 bridgehead atoms. The largest absolute Gasteiger partial charge is 0.440 e. The van der Waals surface area contributed by atoms with Crippen molar-refractivity contribution in [3.05, 3.63) is 11.6 Å². The Balaban J connectivity index is 1.79. The summed E-state index contributed by atoms with van der Waals surface area (Å²) >= 11 is 0. The summed E-state index contributed by atoms with van der Waals surface area (Å²) in [6.45, 7) is 5.35. The zero-order valence-electron chi connectivity index (χ0n) is 16.4. The van der Waals surface area contributed by atoms with Crippen LogP contribution in [0.5, 0.6) is 0 Å². The number of hydrogen-bond acceptors (Lipinski definition) is 4. The lowest BCUT2D eigenvalue weighted by molar-refractivity contribution is -0.175. The van der Waals surface area contributed by atoms with Crippen LogP contribution in [0.15, 0.2) is 11.6 Å². The van der Waals surface area contributed by atoms with E-state index in [-0.39, 0.29) is 35.4 Å². The predicted molar refractivity (Wildman–Crippen MR) is 97.1 cm³/mol. The molecule has 7 atom stereocenters. The van der Waals surface area contributed by atoms with Crippen LogP contribution in [0.1, 0.15) is 65.7 Å². The fourth-order valence-corrected chi connectivity index (χ4v) is 7.03. The lowest BCUT2D eigenvalue weighted by Gasteiger charge is -2.57. The van der Waals surface area contributed by atoms with Gasteiger partial charge >= 0.3 is 5.97 Å². The van der Waals surface area contributed by atoms with Crippen LogP contribution in [0, 0.1) is 39.9 Å². The average molecular weight is 373 g/mol. The third-order valence-corrected chi connectivity index (χ3v) is 8.47. The van der Waals surface area contributed by atoms with Crippen molar-refractivity contribution < 1.29 is 18.7 Å². The first-order valence-electron chi connectivity index (χ1n) is 10.2. The summed E-state index contributed by atoms with van der Waals surface area (Å²) in [6.07, 6.45) is 6.11. The highest BCUT2D eigenvalue weighted by atomic mass is 19.1. The van der Waals surface area contributed by atoms with Gasteiger partial charge in [-0.2, -0.15) is 5.26 Å². The average Bonchev–Trinajstić information content (AvgIpc) is 2.83. The Morgan fingerprint density at radius 2 is 2.04 bits per heavy atom. The van der Waals surface area contributed by atoms with Crippen molar-refractivity contribution in [3.63, 3.8) is 0 Å². The van der Waals surface area contributed by atoms with Crippen LogP contribution >= 0.6 is 0 Å². The van der Waals surface area contributed by atoms with Crippen molar-refractivity contribution in [2.24, 2.45) is 28.6 Å². The minimum absolute atomic E-state index is 0.00327. The summed E-state index contributed by atoms with van der Waals surface area (Å²) in [5.74, 6) is -0.898. The standard InChI is InChI=1S/C22H28FNO3/c1-13(25)27-22(12-24)18(23)11-16-19-15(7-9-21(16,22)3)20(2)8-5-4-6-14(20)10-17(19)26/h10,15-16,18-19H,4-9,11H2,1-3H3/t15?,16?,18-,19?,20?,21?,22?/m1/s1. The number of nitriles is 1. The highest BCUT2D eigenvalue weighted by Crippen LogP contribution is 2.67. The molecule has 0 aromatic rings. The Kier molecular flexibility index (Phi) is 4.07. The van der Waals surface area contributed by atoms with Crippen molar-refractivity contribution in [3.8, 4) is 6.07 Å². The van der Waals surface area contributed by atoms with Crippen LogP contribution in [0.4, 0.5) is 4.39 Å². The van der Waals surface area contributed by atoms with Gasteiger partial charge in [-0.1, -0.05) is 25.8 Å². The van der Waals surface area contributed by atoms with Crippen LogP contribution in [-0.2, 0) is 14.3 Å². The Bertz CT molecular complexity index is 770. The van der Waals surface area contributed by atoms with Crippen LogP contribution in [0.3, 0.4) is 0 Å². The molecule has 6 unspecified atom stereocenters. The van der Waals surface area contributed by atoms with Gasteiger partial charge in [0.25, 0.3) is 0 Å². The number of ether oxygens (including phenoxy) is 1. The zero-order chi connectivity index (χ0) is 19.6. The molecule has 146 valence electrons. The van der Waals surface area contributed by atoms with Gasteiger partial charge in [-0.3, -0.25) is 9.59 Å². The van der Waals surface area contributed by atoms with Gasteiger partial charge in [-0.15, -0.1) is 0 Å². The number of esters is 1. The minimum Gasteiger partial charge on any atom is -0.440 e. The lowest BCUT2D eigenvalue weighted by atomic mass is 9.47. The molecule has 0 aliphatic heterocycles. The maximum atomic E-state index is 15.2. The highest BCUT2D eigenvalue weighted by Gasteiger charge is 2.71. The van der Waals surface area contributed by atoms with Crippen LogP contribution in [0.2, 0.25) is 0 Å². The van der Waals surface area contributed by atoms with E-state index in [9.17, 15) is 14.9 Å². The molecule has 0 saturated heterocycles. The molecule has 4 aliphatic rings. The minimum atomic E-state index is -1.79. The summed E-state index contributed by atoms with van der Waals surface area (Å²) in [5.41, 5.74) is -1.35. The van der Waals surface area contributed by atoms with E-state index >= 15 is 4.39 Å². The Morgan fingerprint density at radius 1 is 1.30 bits per heavy atom. The quantitative estimate of drug-likeness (QED) is 0.643. The molecule has 0 aromatic carbocycles. The van der Waals surface area contributed by atoms with Crippen molar-refractivity contribution in [1.29, 1.82) is 5.26 Å². The summed E-state index contributed by atoms with van der Waals surface area (Å²) < 4.78 is 20.6. The molecule has 4 nitrogen and oxygen atoms in total. The van der Waals surface area contributed by atoms with Crippen LogP contribution in [0.25, 0.3) is 0 Å². The Hall–Kier alpha value is -1.70. The highest BCUT2D eigenvalue weighted by molar-refractivity contribution is 5.94. The number of carbonyl (C=O) groups is 2. The van der Waals surface area contributed by atoms with Crippen molar-refractivity contribution >= 4 is 11.8 Å². The van der Waals surface area contributed by atoms with Crippen molar-refractivity contribution in [2.75, 3.05) is 0 Å². The van der Waals surface area contributed by atoms with E-state index in [2.05, 4.69) is 6.92 Å². The molecule has 0 spiro atoms. The SMILES string of the molecule is CC(=O)OC1(C#N)[C@H](F)CC2C3C(=O)C=C4CCCCC4(C)C3CCC21C. The number of alkyl halides is 1. The van der Waals surface area contributed by atoms with E-state index in [1.807, 2.05) is 19.1 Å². The number of rotatable bonds is 1. The Labute approximate surface area is 160 Å². The van der Waals surface area contributed by atoms with Crippen LogP contribution < -0.4 is 0 Å². The molecule has 4 aliphatic carbocycles. The molecule has 0 radical (unpaired) electrons. The molecule has 3 fully saturated rings. The smallest absolute Gasteiger partial charge is 0.304 e. The van der Waals surface area contributed by atoms with Crippen molar-refractivity contribution in [2.45, 2.75) is 77.5 Å². The molecule has 0 heterocycles. The van der Waals surface area contributed by atoms with E-state index in [4.69, 9.17) is 4.74 Å². The number of allylic oxidation sites excluding steroid dienone is 2. The molecule has 27 heavy (non-hydrogen) atoms. The third-order valence-electron chi connectivity index (χ3n) is 8.47. The summed E-state index contributed by atoms with van der Waals surface area (Å²) in [6, 6.07) is 2.03. The molecule has 3 saturated carbocycles. The molecule has 5 heteroatoms. The van der Waals surface area contributed by atoms with E-state index in [0.29, 0.717) is 6.42 Å². The van der Waals surface area contributed by atoms with Gasteiger partial charge in [0.2, 0.25) is 5.60 Å². The Morgan fingerprint density at radius 3 is 2.70 bits per heavy atom. The van der Waals surface area contributed by atoms with E-state index in [1.54, 1.807) is 0 Å². The number of nitrogens with zero attached hydrogens (tertiary/aromatic N) is 1. The van der Waals surface area contributed by atoms with Gasteiger partial charge in [0, 0.05) is 18.3 Å². The van der Waals surface area contributed by atoms with Gasteiger partial charge in [0.1, 0.15) is 6.07 Å². The van der Waals surface area contributed by atoms with Gasteiger partial charge in [-0.25, -0.2) is 4.39 Å². The number of hydrogen-bond donors (Lipinski definition) is 0. The first-order chi connectivity index (χ1) is 12.7. The normalized spacial score (nSPS) is 48.6. The summed E-state index contributed by atoms with van der Waals surface area (Å²) in [7, 11) is 0. The second kappa shape index (κ2) is 5.90. The molecule has 0 N–H and O–H groups in total. The fraction of sp³-hybridized carbons (Fsp3) is 0.773. The molecular formula is C22H28FNO3. The molecule has 0 aromatic heterocycles. The van der Waals surface area contributed by atoms with E-state index < -0.39 is 23.2 Å². The van der Waals surface area contributed by atoms with Crippen molar-refractivity contribution in [1.82, 2.24) is 0 Å². The van der Waals surface area contributed by atoms with Gasteiger partial charge in [0.15, 0.2) is 12.0 Å².